The summed E-state index contributed by atoms with van der Waals surface area (Å²) in [5, 5.41) is 0. The summed E-state index contributed by atoms with van der Waals surface area (Å²) in [6, 6.07) is 17.1. The number of rotatable bonds is 4. The highest BCUT2D eigenvalue weighted by atomic mass is 79.9. The van der Waals surface area contributed by atoms with Crippen molar-refractivity contribution in [1.29, 1.82) is 0 Å². The summed E-state index contributed by atoms with van der Waals surface area (Å²) < 4.78 is 11.9. The van der Waals surface area contributed by atoms with E-state index in [-0.39, 0.29) is 16.8 Å². The molecule has 4 nitrogen and oxygen atoms in total. The Labute approximate surface area is 204 Å². The molecule has 0 unspecified atom stereocenters. The van der Waals surface area contributed by atoms with Gasteiger partial charge in [-0.05, 0) is 73.4 Å². The molecule has 3 fully saturated rings. The molecule has 1 saturated heterocycles. The van der Waals surface area contributed by atoms with Gasteiger partial charge >= 0.3 is 0 Å². The Kier molecular flexibility index (Phi) is 5.58. The summed E-state index contributed by atoms with van der Waals surface area (Å²) in [7, 11) is 1.63. The zero-order chi connectivity index (χ0) is 23.4. The normalized spacial score (nSPS) is 33.9. The van der Waals surface area contributed by atoms with Crippen LogP contribution in [-0.4, -0.2) is 35.6 Å². The van der Waals surface area contributed by atoms with Crippen LogP contribution in [0.4, 0.5) is 5.69 Å². The molecule has 2 aliphatic carbocycles. The number of carbonyl (C=O) groups excluding carboxylic acids is 1. The van der Waals surface area contributed by atoms with Crippen molar-refractivity contribution in [2.75, 3.05) is 12.0 Å². The molecule has 1 aliphatic heterocycles. The molecule has 33 heavy (non-hydrogen) atoms. The third-order valence-electron chi connectivity index (χ3n) is 7.97. The van der Waals surface area contributed by atoms with E-state index in [0.717, 1.165) is 35.8 Å². The Balaban J connectivity index is 1.42. The van der Waals surface area contributed by atoms with Gasteiger partial charge in [0.15, 0.2) is 6.10 Å². The van der Waals surface area contributed by atoms with Crippen LogP contribution in [0, 0.1) is 29.1 Å². The van der Waals surface area contributed by atoms with Gasteiger partial charge in [-0.3, -0.25) is 9.69 Å². The number of hydrogen-bond acceptors (Lipinski definition) is 3. The third-order valence-corrected chi connectivity index (χ3v) is 9.31. The molecule has 2 aromatic carbocycles. The van der Waals surface area contributed by atoms with Crippen LogP contribution in [0.25, 0.3) is 0 Å². The first-order valence-corrected chi connectivity index (χ1v) is 12.5. The van der Waals surface area contributed by atoms with Crippen molar-refractivity contribution in [3.63, 3.8) is 0 Å². The number of carbonyl (C=O) groups is 1. The second kappa shape index (κ2) is 8.18. The van der Waals surface area contributed by atoms with Crippen molar-refractivity contribution in [2.24, 2.45) is 17.3 Å². The van der Waals surface area contributed by atoms with Crippen LogP contribution in [0.15, 0.2) is 54.6 Å². The van der Waals surface area contributed by atoms with E-state index < -0.39 is 11.7 Å². The first-order valence-electron chi connectivity index (χ1n) is 11.6. The maximum Gasteiger partial charge on any atom is 0.260 e. The van der Waals surface area contributed by atoms with Crippen LogP contribution in [0.2, 0.25) is 0 Å². The standard InChI is InChI=1S/C28H30BrNO3/c1-27(2)21-16-24(29)28(3,17-22(21)27)33-25-23(15-10-18-8-6-5-7-9-18)30(26(25)31)19-11-13-20(32-4)14-12-19/h5-9,11-14,21-25H,16-17H2,1-4H3/t21-,22+,23-,24+,25+,28+/m0/s1. The van der Waals surface area contributed by atoms with Crippen LogP contribution in [-0.2, 0) is 9.53 Å². The molecule has 0 aromatic heterocycles. The summed E-state index contributed by atoms with van der Waals surface area (Å²) in [6.45, 7) is 6.85. The Bertz CT molecular complexity index is 1100. The van der Waals surface area contributed by atoms with Crippen molar-refractivity contribution in [1.82, 2.24) is 0 Å². The van der Waals surface area contributed by atoms with Gasteiger partial charge in [-0.2, -0.15) is 0 Å². The highest BCUT2D eigenvalue weighted by Gasteiger charge is 2.65. The fourth-order valence-corrected chi connectivity index (χ4v) is 6.30. The molecule has 2 aromatic rings. The van der Waals surface area contributed by atoms with Gasteiger partial charge in [0.2, 0.25) is 0 Å². The van der Waals surface area contributed by atoms with E-state index >= 15 is 0 Å². The smallest absolute Gasteiger partial charge is 0.260 e. The van der Waals surface area contributed by atoms with Crippen LogP contribution in [0.1, 0.15) is 39.2 Å². The molecule has 0 N–H and O–H groups in total. The highest BCUT2D eigenvalue weighted by Crippen LogP contribution is 2.68. The Hall–Kier alpha value is -2.29. The first-order chi connectivity index (χ1) is 15.7. The monoisotopic (exact) mass is 507 g/mol. The van der Waals surface area contributed by atoms with E-state index in [4.69, 9.17) is 9.47 Å². The van der Waals surface area contributed by atoms with Crippen molar-refractivity contribution < 1.29 is 14.3 Å². The fourth-order valence-electron chi connectivity index (χ4n) is 5.61. The second-order valence-corrected chi connectivity index (χ2v) is 11.4. The third kappa shape index (κ3) is 3.88. The Morgan fingerprint density at radius 1 is 1.03 bits per heavy atom. The van der Waals surface area contributed by atoms with Crippen LogP contribution in [0.5, 0.6) is 5.75 Å². The number of halogens is 1. The van der Waals surface area contributed by atoms with E-state index in [1.165, 1.54) is 0 Å². The van der Waals surface area contributed by atoms with Crippen LogP contribution < -0.4 is 9.64 Å². The number of hydrogen-bond donors (Lipinski definition) is 0. The highest BCUT2D eigenvalue weighted by molar-refractivity contribution is 9.09. The van der Waals surface area contributed by atoms with Gasteiger partial charge < -0.3 is 9.47 Å². The molecule has 0 spiro atoms. The number of methoxy groups -OCH3 is 1. The number of amides is 1. The predicted molar refractivity (Wildman–Crippen MR) is 134 cm³/mol. The number of ether oxygens (including phenoxy) is 2. The largest absolute Gasteiger partial charge is 0.497 e. The SMILES string of the molecule is COc1ccc(N2C(=O)[C@H](O[C@]3(C)C[C@@H]4[C@H](C[C@H]3Br)C4(C)C)[C@@H]2C#Cc2ccccc2)cc1. The summed E-state index contributed by atoms with van der Waals surface area (Å²) >= 11 is 3.90. The quantitative estimate of drug-likeness (QED) is 0.314. The van der Waals surface area contributed by atoms with Gasteiger partial charge in [0.1, 0.15) is 11.8 Å². The van der Waals surface area contributed by atoms with Gasteiger partial charge in [0.25, 0.3) is 5.91 Å². The van der Waals surface area contributed by atoms with E-state index in [0.29, 0.717) is 11.3 Å². The number of β-lactam (4-membered cyclic amide) rings is 1. The first kappa shape index (κ1) is 22.5. The number of fused-ring (bicyclic) bond motifs is 1. The molecule has 3 aliphatic rings. The lowest BCUT2D eigenvalue weighted by Gasteiger charge is -2.49. The number of benzene rings is 2. The van der Waals surface area contributed by atoms with Crippen molar-refractivity contribution >= 4 is 27.5 Å². The molecular formula is C28H30BrNO3. The second-order valence-electron chi connectivity index (χ2n) is 10.3. The zero-order valence-corrected chi connectivity index (χ0v) is 21.1. The molecule has 5 heteroatoms. The average Bonchev–Trinajstić information content (AvgIpc) is 3.33. The maximum absolute atomic E-state index is 13.4. The fraction of sp³-hybridized carbons (Fsp3) is 0.464. The molecule has 172 valence electrons. The molecule has 6 atom stereocenters. The summed E-state index contributed by atoms with van der Waals surface area (Å²) in [6.07, 6.45) is 1.47. The van der Waals surface area contributed by atoms with Gasteiger partial charge in [-0.15, -0.1) is 0 Å². The lowest BCUT2D eigenvalue weighted by Crippen LogP contribution is -2.68. The molecule has 1 heterocycles. The van der Waals surface area contributed by atoms with Gasteiger partial charge in [0.05, 0.1) is 12.7 Å². The van der Waals surface area contributed by atoms with Crippen LogP contribution >= 0.6 is 15.9 Å². The predicted octanol–water partition coefficient (Wildman–Crippen LogP) is 5.44. The molecular weight excluding hydrogens is 478 g/mol. The van der Waals surface area contributed by atoms with Gasteiger partial charge in [0, 0.05) is 16.1 Å². The molecule has 0 radical (unpaired) electrons. The molecule has 5 rings (SSSR count). The molecule has 2 saturated carbocycles. The van der Waals surface area contributed by atoms with E-state index in [9.17, 15) is 4.79 Å². The van der Waals surface area contributed by atoms with Gasteiger partial charge in [-0.25, -0.2) is 0 Å². The number of alkyl halides is 1. The minimum Gasteiger partial charge on any atom is -0.497 e. The van der Waals surface area contributed by atoms with Crippen molar-refractivity contribution in [3.8, 4) is 17.6 Å². The Morgan fingerprint density at radius 2 is 1.73 bits per heavy atom. The molecule has 0 bridgehead atoms. The van der Waals surface area contributed by atoms with E-state index in [1.54, 1.807) is 12.0 Å². The summed E-state index contributed by atoms with van der Waals surface area (Å²) in [5.74, 6) is 8.69. The minimum atomic E-state index is -0.577. The summed E-state index contributed by atoms with van der Waals surface area (Å²) in [4.78, 5) is 15.3. The van der Waals surface area contributed by atoms with Crippen LogP contribution in [0.3, 0.4) is 0 Å². The summed E-state index contributed by atoms with van der Waals surface area (Å²) in [5.41, 5.74) is 1.70. The zero-order valence-electron chi connectivity index (χ0n) is 19.5. The van der Waals surface area contributed by atoms with E-state index in [1.807, 2.05) is 54.6 Å². The topological polar surface area (TPSA) is 38.8 Å². The van der Waals surface area contributed by atoms with Crippen molar-refractivity contribution in [3.05, 3.63) is 60.2 Å². The maximum atomic E-state index is 13.4. The lowest BCUT2D eigenvalue weighted by atomic mass is 9.85. The van der Waals surface area contributed by atoms with Crippen molar-refractivity contribution in [2.45, 2.75) is 56.2 Å². The minimum absolute atomic E-state index is 0.0364. The van der Waals surface area contributed by atoms with E-state index in [2.05, 4.69) is 48.5 Å². The lowest BCUT2D eigenvalue weighted by molar-refractivity contribution is -0.160. The average molecular weight is 508 g/mol. The Morgan fingerprint density at radius 3 is 2.39 bits per heavy atom. The van der Waals surface area contributed by atoms with Gasteiger partial charge in [-0.1, -0.05) is 59.8 Å². The number of anilines is 1. The number of nitrogens with zero attached hydrogens (tertiary/aromatic N) is 1. The molecule has 1 amide bonds.